The molecule has 0 fully saturated rings. The van der Waals surface area contributed by atoms with Crippen molar-refractivity contribution < 1.29 is 0 Å². The van der Waals surface area contributed by atoms with Gasteiger partial charge in [0.1, 0.15) is 7.62 Å². The number of hydrogen-bond donors (Lipinski definition) is 0. The highest BCUT2D eigenvalue weighted by molar-refractivity contribution is 7.36. The molecule has 0 N–H and O–H groups in total. The Hall–Kier alpha value is 0.724. The van der Waals surface area contributed by atoms with Crippen LogP contribution in [0.5, 0.6) is 0 Å². The summed E-state index contributed by atoms with van der Waals surface area (Å²) in [5, 5.41) is 0. The van der Waals surface area contributed by atoms with Crippen molar-refractivity contribution in [3.05, 3.63) is 0 Å². The monoisotopic (exact) mass is 180 g/mol. The predicted molar refractivity (Wildman–Crippen MR) is 51.7 cm³/mol. The minimum Gasteiger partial charge on any atom is -0.176 e. The standard InChI is InChI=1S/C6H17ClSi2/c1-3-5-8-9(7)6-4-2/h9H,3-6,8H2,1-2H3. The second-order valence-electron chi connectivity index (χ2n) is 2.53. The van der Waals surface area contributed by atoms with Crippen molar-refractivity contribution >= 4 is 27.7 Å². The summed E-state index contributed by atoms with van der Waals surface area (Å²) >= 11 is 6.16. The summed E-state index contributed by atoms with van der Waals surface area (Å²) in [5.74, 6) is 0. The third-order valence-corrected chi connectivity index (χ3v) is 11.4. The fraction of sp³-hybridized carbons (Fsp3) is 1.00. The molecule has 0 aliphatic rings. The zero-order valence-electron chi connectivity index (χ0n) is 6.49. The summed E-state index contributed by atoms with van der Waals surface area (Å²) in [4.78, 5) is 0. The van der Waals surface area contributed by atoms with Gasteiger partial charge in [-0.1, -0.05) is 32.7 Å². The maximum Gasteiger partial charge on any atom is 0.125 e. The maximum atomic E-state index is 6.16. The third-order valence-electron chi connectivity index (χ3n) is 1.47. The van der Waals surface area contributed by atoms with E-state index >= 15 is 0 Å². The summed E-state index contributed by atoms with van der Waals surface area (Å²) in [6.07, 6.45) is 2.68. The molecule has 0 saturated carbocycles. The highest BCUT2D eigenvalue weighted by atomic mass is 35.6. The highest BCUT2D eigenvalue weighted by Gasteiger charge is 2.03. The van der Waals surface area contributed by atoms with E-state index in [9.17, 15) is 0 Å². The van der Waals surface area contributed by atoms with Crippen LogP contribution in [0.3, 0.4) is 0 Å². The third kappa shape index (κ3) is 6.61. The van der Waals surface area contributed by atoms with Crippen molar-refractivity contribution in [1.82, 2.24) is 0 Å². The number of hydrogen-bond acceptors (Lipinski definition) is 0. The molecule has 0 heterocycles. The van der Waals surface area contributed by atoms with Gasteiger partial charge in [0.15, 0.2) is 0 Å². The van der Waals surface area contributed by atoms with Crippen molar-refractivity contribution in [2.75, 3.05) is 0 Å². The van der Waals surface area contributed by atoms with Gasteiger partial charge in [0.05, 0.1) is 0 Å². The Balaban J connectivity index is 2.95. The summed E-state index contributed by atoms with van der Waals surface area (Å²) in [7, 11) is -0.380. The van der Waals surface area contributed by atoms with Gasteiger partial charge in [-0.3, -0.25) is 0 Å². The SMILES string of the molecule is CCC[SiH2][SiH](Cl)CCC. The first-order chi connectivity index (χ1) is 4.31. The fourth-order valence-corrected chi connectivity index (χ4v) is 9.34. The molecule has 0 radical (unpaired) electrons. The van der Waals surface area contributed by atoms with Crippen LogP contribution in [0, 0.1) is 0 Å². The zero-order valence-corrected chi connectivity index (χ0v) is 9.82. The van der Waals surface area contributed by atoms with Gasteiger partial charge in [-0.2, -0.15) is 11.1 Å². The second kappa shape index (κ2) is 6.84. The minimum atomic E-state index is -0.609. The molecule has 0 saturated heterocycles. The second-order valence-corrected chi connectivity index (χ2v) is 13.7. The first-order valence-electron chi connectivity index (χ1n) is 3.95. The van der Waals surface area contributed by atoms with Crippen molar-refractivity contribution in [3.8, 4) is 0 Å². The Morgan fingerprint density at radius 3 is 2.44 bits per heavy atom. The predicted octanol–water partition coefficient (Wildman–Crippen LogP) is 1.85. The lowest BCUT2D eigenvalue weighted by Gasteiger charge is -2.01. The number of halogens is 1. The van der Waals surface area contributed by atoms with Gasteiger partial charge < -0.3 is 0 Å². The van der Waals surface area contributed by atoms with Crippen molar-refractivity contribution in [3.63, 3.8) is 0 Å². The molecule has 0 aromatic rings. The molecule has 0 aliphatic carbocycles. The van der Waals surface area contributed by atoms with Crippen LogP contribution in [0.1, 0.15) is 26.7 Å². The molecule has 1 atom stereocenters. The van der Waals surface area contributed by atoms with E-state index in [1.165, 1.54) is 24.9 Å². The Morgan fingerprint density at radius 2 is 2.00 bits per heavy atom. The van der Waals surface area contributed by atoms with Gasteiger partial charge >= 0.3 is 0 Å². The van der Waals surface area contributed by atoms with E-state index in [4.69, 9.17) is 11.1 Å². The Bertz CT molecular complexity index is 59.0. The van der Waals surface area contributed by atoms with E-state index in [0.717, 1.165) is 0 Å². The first-order valence-corrected chi connectivity index (χ1v) is 10.8. The van der Waals surface area contributed by atoms with Crippen LogP contribution in [0.4, 0.5) is 0 Å². The van der Waals surface area contributed by atoms with Crippen LogP contribution < -0.4 is 0 Å². The van der Waals surface area contributed by atoms with E-state index in [1.54, 1.807) is 0 Å². The topological polar surface area (TPSA) is 0 Å². The molecule has 56 valence electrons. The molecule has 0 bridgehead atoms. The van der Waals surface area contributed by atoms with E-state index in [0.29, 0.717) is 0 Å². The van der Waals surface area contributed by atoms with Crippen molar-refractivity contribution in [1.29, 1.82) is 0 Å². The van der Waals surface area contributed by atoms with Gasteiger partial charge in [-0.25, -0.2) is 0 Å². The Kier molecular flexibility index (Phi) is 7.39. The van der Waals surface area contributed by atoms with Crippen LogP contribution in [0.15, 0.2) is 0 Å². The van der Waals surface area contributed by atoms with Gasteiger partial charge in [-0.15, -0.1) is 0 Å². The average molecular weight is 181 g/mol. The molecule has 0 spiro atoms. The molecule has 9 heavy (non-hydrogen) atoms. The summed E-state index contributed by atoms with van der Waals surface area (Å²) in [6.45, 7) is 4.50. The number of rotatable bonds is 5. The van der Waals surface area contributed by atoms with Crippen molar-refractivity contribution in [2.45, 2.75) is 38.8 Å². The lowest BCUT2D eigenvalue weighted by atomic mass is 10.6. The molecular weight excluding hydrogens is 164 g/mol. The first kappa shape index (κ1) is 9.72. The van der Waals surface area contributed by atoms with E-state index < -0.39 is 7.62 Å². The van der Waals surface area contributed by atoms with Crippen LogP contribution in [-0.2, 0) is 0 Å². The van der Waals surface area contributed by atoms with Crippen LogP contribution in [0.25, 0.3) is 0 Å². The largest absolute Gasteiger partial charge is 0.176 e. The average Bonchev–Trinajstić information content (AvgIpc) is 1.85. The molecule has 0 aliphatic heterocycles. The summed E-state index contributed by atoms with van der Waals surface area (Å²) in [5.41, 5.74) is 0. The lowest BCUT2D eigenvalue weighted by Crippen LogP contribution is -2.13. The van der Waals surface area contributed by atoms with E-state index in [2.05, 4.69) is 13.8 Å². The van der Waals surface area contributed by atoms with E-state index in [-0.39, 0.29) is 9.04 Å². The van der Waals surface area contributed by atoms with Crippen LogP contribution in [-0.4, -0.2) is 16.7 Å². The molecular formula is C6H17ClSi2. The van der Waals surface area contributed by atoms with Crippen LogP contribution >= 0.6 is 11.1 Å². The molecule has 1 unspecified atom stereocenters. The quantitative estimate of drug-likeness (QED) is 0.448. The van der Waals surface area contributed by atoms with Gasteiger partial charge in [-0.05, 0) is 6.04 Å². The van der Waals surface area contributed by atoms with E-state index in [1.807, 2.05) is 0 Å². The maximum absolute atomic E-state index is 6.16. The normalized spacial score (nSPS) is 15.0. The summed E-state index contributed by atoms with van der Waals surface area (Å²) in [6, 6.07) is 2.87. The summed E-state index contributed by atoms with van der Waals surface area (Å²) < 4.78 is 0. The molecule has 0 nitrogen and oxygen atoms in total. The molecule has 0 aromatic heterocycles. The highest BCUT2D eigenvalue weighted by Crippen LogP contribution is 2.02. The molecule has 0 amide bonds. The minimum absolute atomic E-state index is 0.229. The Morgan fingerprint density at radius 1 is 1.33 bits per heavy atom. The molecule has 0 aromatic carbocycles. The van der Waals surface area contributed by atoms with Crippen molar-refractivity contribution in [2.24, 2.45) is 0 Å². The smallest absolute Gasteiger partial charge is 0.125 e. The van der Waals surface area contributed by atoms with Gasteiger partial charge in [0.25, 0.3) is 0 Å². The fourth-order valence-electron chi connectivity index (χ4n) is 0.883. The van der Waals surface area contributed by atoms with Crippen LogP contribution in [0.2, 0.25) is 12.1 Å². The lowest BCUT2D eigenvalue weighted by molar-refractivity contribution is 1.07. The molecule has 0 rings (SSSR count). The molecule has 3 heteroatoms. The van der Waals surface area contributed by atoms with Gasteiger partial charge in [0, 0.05) is 9.04 Å². The zero-order chi connectivity index (χ0) is 7.11. The Labute approximate surface area is 66.9 Å². The van der Waals surface area contributed by atoms with Gasteiger partial charge in [0.2, 0.25) is 0 Å².